The molecule has 3 N–H and O–H groups in total. The fourth-order valence-corrected chi connectivity index (χ4v) is 3.82. The number of ether oxygens (including phenoxy) is 1. The van der Waals surface area contributed by atoms with Gasteiger partial charge in [-0.1, -0.05) is 18.2 Å². The zero-order valence-electron chi connectivity index (χ0n) is 14.9. The Kier molecular flexibility index (Phi) is 3.43. The summed E-state index contributed by atoms with van der Waals surface area (Å²) in [6.45, 7) is 0. The van der Waals surface area contributed by atoms with E-state index in [1.807, 2.05) is 35.0 Å². The van der Waals surface area contributed by atoms with Crippen molar-refractivity contribution in [1.29, 1.82) is 0 Å². The molecule has 1 aromatic carbocycles. The molecule has 0 unspecified atom stereocenters. The minimum Gasteiger partial charge on any atom is -0.494 e. The molecule has 1 saturated carbocycles. The second-order valence-electron chi connectivity index (χ2n) is 6.89. The van der Waals surface area contributed by atoms with Crippen LogP contribution in [0.15, 0.2) is 36.7 Å². The third-order valence-corrected chi connectivity index (χ3v) is 5.45. The van der Waals surface area contributed by atoms with E-state index in [1.165, 1.54) is 6.42 Å². The van der Waals surface area contributed by atoms with Crippen molar-refractivity contribution in [3.05, 3.63) is 36.7 Å². The van der Waals surface area contributed by atoms with Gasteiger partial charge in [0.05, 0.1) is 35.4 Å². The molecule has 27 heavy (non-hydrogen) atoms. The number of hydrogen-bond acceptors (Lipinski definition) is 6. The lowest BCUT2D eigenvalue weighted by molar-refractivity contribution is 0.283. The monoisotopic (exact) mass is 361 g/mol. The second-order valence-corrected chi connectivity index (χ2v) is 6.89. The summed E-state index contributed by atoms with van der Waals surface area (Å²) >= 11 is 0. The Labute approximate surface area is 155 Å². The maximum Gasteiger partial charge on any atom is 0.241 e. The molecule has 0 atom stereocenters. The van der Waals surface area contributed by atoms with Crippen molar-refractivity contribution in [3.63, 3.8) is 0 Å². The van der Waals surface area contributed by atoms with Crippen LogP contribution in [0, 0.1) is 0 Å². The number of methoxy groups -OCH3 is 1. The first kappa shape index (κ1) is 15.9. The molecule has 136 valence electrons. The average molecular weight is 361 g/mol. The predicted molar refractivity (Wildman–Crippen MR) is 104 cm³/mol. The van der Waals surface area contributed by atoms with E-state index in [-0.39, 0.29) is 5.88 Å². The standard InChI is InChI=1S/C20H19N5O2/c1-27-19-13(8-9-22-24-19)12-6-3-7-14-17(21)16-15(23-18(12)14)10-25(20(16)26)11-4-2-5-11/h3,6-11,26H,2,4-5,21H2,1H3. The number of nitrogen functional groups attached to an aromatic ring is 1. The molecule has 3 aromatic heterocycles. The van der Waals surface area contributed by atoms with E-state index in [0.717, 1.165) is 34.9 Å². The molecule has 1 aliphatic rings. The molecule has 1 fully saturated rings. The van der Waals surface area contributed by atoms with Crippen molar-refractivity contribution in [2.75, 3.05) is 12.8 Å². The van der Waals surface area contributed by atoms with E-state index in [4.69, 9.17) is 15.5 Å². The van der Waals surface area contributed by atoms with Gasteiger partial charge in [-0.2, -0.15) is 5.10 Å². The second kappa shape index (κ2) is 5.84. The van der Waals surface area contributed by atoms with Crippen molar-refractivity contribution in [3.8, 4) is 22.9 Å². The predicted octanol–water partition coefficient (Wildman–Crippen LogP) is 3.67. The van der Waals surface area contributed by atoms with Gasteiger partial charge in [-0.05, 0) is 25.3 Å². The van der Waals surface area contributed by atoms with Crippen LogP contribution in [-0.2, 0) is 0 Å². The van der Waals surface area contributed by atoms with E-state index in [0.29, 0.717) is 28.5 Å². The number of anilines is 1. The van der Waals surface area contributed by atoms with E-state index in [2.05, 4.69) is 10.2 Å². The minimum absolute atomic E-state index is 0.204. The Balaban J connectivity index is 1.82. The summed E-state index contributed by atoms with van der Waals surface area (Å²) in [5, 5.41) is 20.1. The first-order valence-electron chi connectivity index (χ1n) is 8.96. The number of nitrogens with two attached hydrogens (primary N) is 1. The van der Waals surface area contributed by atoms with Gasteiger partial charge in [0, 0.05) is 28.8 Å². The van der Waals surface area contributed by atoms with Crippen LogP contribution in [0.25, 0.3) is 32.9 Å². The molecule has 0 saturated heterocycles. The molecule has 1 aliphatic carbocycles. The van der Waals surface area contributed by atoms with Crippen LogP contribution < -0.4 is 10.5 Å². The summed E-state index contributed by atoms with van der Waals surface area (Å²) in [4.78, 5) is 4.85. The van der Waals surface area contributed by atoms with Crippen LogP contribution in [0.4, 0.5) is 5.69 Å². The van der Waals surface area contributed by atoms with Gasteiger partial charge in [0.1, 0.15) is 0 Å². The van der Waals surface area contributed by atoms with Crippen molar-refractivity contribution in [2.24, 2.45) is 0 Å². The lowest BCUT2D eigenvalue weighted by atomic mass is 9.93. The van der Waals surface area contributed by atoms with Crippen molar-refractivity contribution < 1.29 is 9.84 Å². The number of aromatic nitrogens is 4. The highest BCUT2D eigenvalue weighted by Gasteiger charge is 2.25. The summed E-state index contributed by atoms with van der Waals surface area (Å²) in [5.74, 6) is 0.635. The van der Waals surface area contributed by atoms with Crippen LogP contribution >= 0.6 is 0 Å². The molecule has 0 radical (unpaired) electrons. The molecule has 7 heteroatoms. The first-order valence-corrected chi connectivity index (χ1v) is 8.96. The molecule has 3 heterocycles. The number of fused-ring (bicyclic) bond motifs is 2. The zero-order chi connectivity index (χ0) is 18.5. The van der Waals surface area contributed by atoms with E-state index in [9.17, 15) is 5.11 Å². The molecule has 0 amide bonds. The Morgan fingerprint density at radius 1 is 1.22 bits per heavy atom. The Morgan fingerprint density at radius 3 is 2.81 bits per heavy atom. The lowest BCUT2D eigenvalue weighted by Crippen LogP contribution is -2.15. The highest BCUT2D eigenvalue weighted by molar-refractivity contribution is 6.12. The molecule has 0 bridgehead atoms. The van der Waals surface area contributed by atoms with Crippen LogP contribution in [-0.4, -0.2) is 32.0 Å². The van der Waals surface area contributed by atoms with Gasteiger partial charge < -0.3 is 20.1 Å². The fraction of sp³-hybridized carbons (Fsp3) is 0.250. The van der Waals surface area contributed by atoms with Gasteiger partial charge in [-0.25, -0.2) is 4.98 Å². The number of benzene rings is 1. The molecule has 4 aromatic rings. The van der Waals surface area contributed by atoms with Gasteiger partial charge >= 0.3 is 0 Å². The van der Waals surface area contributed by atoms with Crippen molar-refractivity contribution in [2.45, 2.75) is 25.3 Å². The summed E-state index contributed by atoms with van der Waals surface area (Å²) in [5.41, 5.74) is 10.1. The maximum atomic E-state index is 10.7. The third kappa shape index (κ3) is 2.24. The number of para-hydroxylation sites is 1. The van der Waals surface area contributed by atoms with E-state index < -0.39 is 0 Å². The Bertz CT molecular complexity index is 1180. The third-order valence-electron chi connectivity index (χ3n) is 5.45. The molecular formula is C20H19N5O2. The number of hydrogen-bond donors (Lipinski definition) is 2. The van der Waals surface area contributed by atoms with E-state index in [1.54, 1.807) is 13.3 Å². The number of pyridine rings is 1. The largest absolute Gasteiger partial charge is 0.494 e. The summed E-state index contributed by atoms with van der Waals surface area (Å²) < 4.78 is 7.27. The quantitative estimate of drug-likeness (QED) is 0.578. The van der Waals surface area contributed by atoms with Gasteiger partial charge in [-0.15, -0.1) is 5.10 Å². The number of nitrogens with zero attached hydrogens (tertiary/aromatic N) is 4. The summed E-state index contributed by atoms with van der Waals surface area (Å²) in [6, 6.07) is 7.97. The first-order chi connectivity index (χ1) is 13.2. The number of rotatable bonds is 3. The van der Waals surface area contributed by atoms with Gasteiger partial charge in [0.25, 0.3) is 0 Å². The number of aromatic hydroxyl groups is 1. The molecule has 0 spiro atoms. The lowest BCUT2D eigenvalue weighted by Gasteiger charge is -2.27. The van der Waals surface area contributed by atoms with Gasteiger partial charge in [0.15, 0.2) is 0 Å². The molecule has 5 rings (SSSR count). The average Bonchev–Trinajstić information content (AvgIpc) is 2.96. The Morgan fingerprint density at radius 2 is 2.07 bits per heavy atom. The normalized spacial score (nSPS) is 14.6. The smallest absolute Gasteiger partial charge is 0.241 e. The van der Waals surface area contributed by atoms with Crippen molar-refractivity contribution in [1.82, 2.24) is 19.7 Å². The highest BCUT2D eigenvalue weighted by Crippen LogP contribution is 2.43. The summed E-state index contributed by atoms with van der Waals surface area (Å²) in [7, 11) is 1.56. The fourth-order valence-electron chi connectivity index (χ4n) is 3.82. The van der Waals surface area contributed by atoms with Crippen LogP contribution in [0.2, 0.25) is 0 Å². The topological polar surface area (TPSA) is 99.1 Å². The van der Waals surface area contributed by atoms with Crippen LogP contribution in [0.5, 0.6) is 11.8 Å². The summed E-state index contributed by atoms with van der Waals surface area (Å²) in [6.07, 6.45) is 6.85. The molecule has 0 aliphatic heterocycles. The zero-order valence-corrected chi connectivity index (χ0v) is 14.9. The van der Waals surface area contributed by atoms with E-state index >= 15 is 0 Å². The highest BCUT2D eigenvalue weighted by atomic mass is 16.5. The maximum absolute atomic E-state index is 10.7. The molecule has 7 nitrogen and oxygen atoms in total. The van der Waals surface area contributed by atoms with Crippen molar-refractivity contribution >= 4 is 27.5 Å². The van der Waals surface area contributed by atoms with Gasteiger partial charge in [0.2, 0.25) is 11.8 Å². The molecular weight excluding hydrogens is 342 g/mol. The SMILES string of the molecule is COc1nnccc1-c1cccc2c(N)c3c(O)n(C4CCC4)cc3nc12. The van der Waals surface area contributed by atoms with Gasteiger partial charge in [-0.3, -0.25) is 0 Å². The Hall–Kier alpha value is -3.35. The van der Waals surface area contributed by atoms with Crippen LogP contribution in [0.3, 0.4) is 0 Å². The minimum atomic E-state index is 0.204. The van der Waals surface area contributed by atoms with Crippen LogP contribution in [0.1, 0.15) is 25.3 Å².